The molecule has 1 heterocycles. The molecule has 6 heteroatoms. The number of rotatable bonds is 4. The first-order valence-electron chi connectivity index (χ1n) is 6.22. The van der Waals surface area contributed by atoms with Crippen molar-refractivity contribution >= 4 is 28.2 Å². The van der Waals surface area contributed by atoms with Crippen molar-refractivity contribution in [1.82, 2.24) is 0 Å². The molecule has 2 N–H and O–H groups in total. The molecule has 0 atom stereocenters. The summed E-state index contributed by atoms with van der Waals surface area (Å²) in [5, 5.41) is 20.8. The summed E-state index contributed by atoms with van der Waals surface area (Å²) in [6.07, 6.45) is 0.706. The van der Waals surface area contributed by atoms with E-state index in [1.807, 2.05) is 13.0 Å². The average Bonchev–Trinajstić information content (AvgIpc) is 2.90. The number of anilines is 1. The number of hydrogen-bond donors (Lipinski definition) is 2. The fourth-order valence-corrected chi connectivity index (χ4v) is 2.72. The van der Waals surface area contributed by atoms with Crippen LogP contribution in [0.5, 0.6) is 0 Å². The first kappa shape index (κ1) is 14.8. The summed E-state index contributed by atoms with van der Waals surface area (Å²) < 4.78 is 0. The highest BCUT2D eigenvalue weighted by molar-refractivity contribution is 7.16. The van der Waals surface area contributed by atoms with Gasteiger partial charge in [-0.25, -0.2) is 4.79 Å². The van der Waals surface area contributed by atoms with Gasteiger partial charge in [-0.2, -0.15) is 5.26 Å². The zero-order valence-corrected chi connectivity index (χ0v) is 12.0. The molecule has 0 radical (unpaired) electrons. The van der Waals surface area contributed by atoms with E-state index in [9.17, 15) is 9.59 Å². The van der Waals surface area contributed by atoms with Crippen LogP contribution in [0.25, 0.3) is 0 Å². The molecular formula is C15H12N2O3S. The molecule has 0 saturated carbocycles. The largest absolute Gasteiger partial charge is 0.478 e. The van der Waals surface area contributed by atoms with Gasteiger partial charge in [0.05, 0.1) is 17.2 Å². The Morgan fingerprint density at radius 2 is 2.00 bits per heavy atom. The van der Waals surface area contributed by atoms with Crippen molar-refractivity contribution in [1.29, 1.82) is 5.26 Å². The second kappa shape index (κ2) is 6.20. The van der Waals surface area contributed by atoms with Crippen LogP contribution >= 0.6 is 11.3 Å². The van der Waals surface area contributed by atoms with Crippen LogP contribution in [0.1, 0.15) is 38.1 Å². The zero-order valence-electron chi connectivity index (χ0n) is 11.2. The van der Waals surface area contributed by atoms with Crippen molar-refractivity contribution in [3.05, 3.63) is 51.9 Å². The highest BCUT2D eigenvalue weighted by atomic mass is 32.1. The average molecular weight is 300 g/mol. The Kier molecular flexibility index (Phi) is 4.36. The number of thiophene rings is 1. The Hall–Kier alpha value is -2.65. The quantitative estimate of drug-likeness (QED) is 0.907. The number of hydrogen-bond acceptors (Lipinski definition) is 4. The Labute approximate surface area is 125 Å². The molecule has 0 unspecified atom stereocenters. The van der Waals surface area contributed by atoms with Gasteiger partial charge in [-0.1, -0.05) is 6.92 Å². The minimum Gasteiger partial charge on any atom is -0.478 e. The topological polar surface area (TPSA) is 90.2 Å². The maximum atomic E-state index is 12.1. The first-order valence-corrected chi connectivity index (χ1v) is 7.04. The van der Waals surface area contributed by atoms with Crippen LogP contribution in [0.15, 0.2) is 30.3 Å². The maximum absolute atomic E-state index is 12.1. The summed E-state index contributed by atoms with van der Waals surface area (Å²) >= 11 is 1.25. The predicted octanol–water partition coefficient (Wildman–Crippen LogP) is 3.13. The number of aromatic carboxylic acids is 1. The number of carbonyl (C=O) groups is 2. The first-order chi connectivity index (χ1) is 10.0. The van der Waals surface area contributed by atoms with Gasteiger partial charge in [-0.3, -0.25) is 4.79 Å². The molecular weight excluding hydrogens is 288 g/mol. The van der Waals surface area contributed by atoms with Crippen molar-refractivity contribution < 1.29 is 14.7 Å². The van der Waals surface area contributed by atoms with Gasteiger partial charge in [0.1, 0.15) is 5.00 Å². The van der Waals surface area contributed by atoms with Crippen molar-refractivity contribution in [2.75, 3.05) is 5.32 Å². The third kappa shape index (κ3) is 3.27. The van der Waals surface area contributed by atoms with Crippen molar-refractivity contribution in [3.63, 3.8) is 0 Å². The Bertz CT molecular complexity index is 726. The molecule has 0 aliphatic rings. The van der Waals surface area contributed by atoms with Crippen LogP contribution in [0.2, 0.25) is 0 Å². The van der Waals surface area contributed by atoms with Gasteiger partial charge in [0.15, 0.2) is 0 Å². The molecule has 5 nitrogen and oxygen atoms in total. The number of carboxylic acid groups (broad SMARTS) is 1. The molecule has 106 valence electrons. The zero-order chi connectivity index (χ0) is 15.4. The van der Waals surface area contributed by atoms with Gasteiger partial charge >= 0.3 is 5.97 Å². The second-order valence-corrected chi connectivity index (χ2v) is 5.39. The van der Waals surface area contributed by atoms with Gasteiger partial charge in [0.25, 0.3) is 5.91 Å². The lowest BCUT2D eigenvalue weighted by Crippen LogP contribution is -2.13. The molecule has 21 heavy (non-hydrogen) atoms. The molecule has 1 amide bonds. The van der Waals surface area contributed by atoms with E-state index in [0.717, 1.165) is 4.88 Å². The molecule has 0 aliphatic heterocycles. The lowest BCUT2D eigenvalue weighted by molar-refractivity contribution is 0.0698. The maximum Gasteiger partial charge on any atom is 0.338 e. The third-order valence-corrected chi connectivity index (χ3v) is 4.06. The summed E-state index contributed by atoms with van der Waals surface area (Å²) in [7, 11) is 0. The number of carboxylic acids is 1. The summed E-state index contributed by atoms with van der Waals surface area (Å²) in [4.78, 5) is 24.2. The summed E-state index contributed by atoms with van der Waals surface area (Å²) in [6, 6.07) is 9.68. The minimum atomic E-state index is -1.07. The van der Waals surface area contributed by atoms with E-state index in [1.54, 1.807) is 18.2 Å². The monoisotopic (exact) mass is 300 g/mol. The van der Waals surface area contributed by atoms with E-state index in [4.69, 9.17) is 10.4 Å². The Morgan fingerprint density at radius 3 is 2.52 bits per heavy atom. The van der Waals surface area contributed by atoms with Crippen LogP contribution in [-0.4, -0.2) is 17.0 Å². The number of nitrogens with zero attached hydrogens (tertiary/aromatic N) is 1. The molecule has 0 aliphatic carbocycles. The second-order valence-electron chi connectivity index (χ2n) is 4.26. The van der Waals surface area contributed by atoms with Gasteiger partial charge in [-0.15, -0.1) is 11.3 Å². The highest BCUT2D eigenvalue weighted by Crippen LogP contribution is 2.29. The standard InChI is InChI=1S/C15H12N2O3S/c1-2-11-7-12(15(19)20)14(21-11)17-13(18)10-5-3-9(8-16)4-6-10/h3-7H,2H2,1H3,(H,17,18)(H,19,20). The van der Waals surface area contributed by atoms with Crippen molar-refractivity contribution in [2.45, 2.75) is 13.3 Å². The molecule has 2 aromatic rings. The van der Waals surface area contributed by atoms with E-state index in [0.29, 0.717) is 22.5 Å². The van der Waals surface area contributed by atoms with Crippen LogP contribution in [0.4, 0.5) is 5.00 Å². The number of aryl methyl sites for hydroxylation is 1. The molecule has 0 saturated heterocycles. The van der Waals surface area contributed by atoms with Gasteiger partial charge in [0.2, 0.25) is 0 Å². The number of benzene rings is 1. The smallest absolute Gasteiger partial charge is 0.338 e. The summed E-state index contributed by atoms with van der Waals surface area (Å²) in [5.74, 6) is -1.47. The normalized spacial score (nSPS) is 9.90. The third-order valence-electron chi connectivity index (χ3n) is 2.87. The van der Waals surface area contributed by atoms with E-state index >= 15 is 0 Å². The number of carbonyl (C=O) groups excluding carboxylic acids is 1. The van der Waals surface area contributed by atoms with Crippen LogP contribution in [0.3, 0.4) is 0 Å². The lowest BCUT2D eigenvalue weighted by Gasteiger charge is -2.04. The lowest BCUT2D eigenvalue weighted by atomic mass is 10.1. The summed E-state index contributed by atoms with van der Waals surface area (Å²) in [6.45, 7) is 1.92. The van der Waals surface area contributed by atoms with Crippen LogP contribution in [-0.2, 0) is 6.42 Å². The van der Waals surface area contributed by atoms with E-state index < -0.39 is 11.9 Å². The predicted molar refractivity (Wildman–Crippen MR) is 79.8 cm³/mol. The fourth-order valence-electron chi connectivity index (χ4n) is 1.74. The molecule has 0 bridgehead atoms. The fraction of sp³-hybridized carbons (Fsp3) is 0.133. The molecule has 0 spiro atoms. The highest BCUT2D eigenvalue weighted by Gasteiger charge is 2.17. The van der Waals surface area contributed by atoms with Crippen molar-refractivity contribution in [2.24, 2.45) is 0 Å². The molecule has 0 fully saturated rings. The van der Waals surface area contributed by atoms with Crippen molar-refractivity contribution in [3.8, 4) is 6.07 Å². The molecule has 2 rings (SSSR count). The van der Waals surface area contributed by atoms with E-state index in [-0.39, 0.29) is 5.56 Å². The SMILES string of the molecule is CCc1cc(C(=O)O)c(NC(=O)c2ccc(C#N)cc2)s1. The van der Waals surface area contributed by atoms with Crippen LogP contribution < -0.4 is 5.32 Å². The van der Waals surface area contributed by atoms with Crippen LogP contribution in [0, 0.1) is 11.3 Å². The van der Waals surface area contributed by atoms with Gasteiger partial charge in [-0.05, 0) is 36.8 Å². The van der Waals surface area contributed by atoms with Gasteiger partial charge in [0, 0.05) is 10.4 Å². The Morgan fingerprint density at radius 1 is 1.33 bits per heavy atom. The summed E-state index contributed by atoms with van der Waals surface area (Å²) in [5.41, 5.74) is 0.929. The van der Waals surface area contributed by atoms with E-state index in [2.05, 4.69) is 5.32 Å². The minimum absolute atomic E-state index is 0.0962. The number of nitrogens with one attached hydrogen (secondary N) is 1. The van der Waals surface area contributed by atoms with Gasteiger partial charge < -0.3 is 10.4 Å². The number of nitriles is 1. The Balaban J connectivity index is 2.24. The molecule has 1 aromatic carbocycles. The number of amides is 1. The van der Waals surface area contributed by atoms with E-state index in [1.165, 1.54) is 23.5 Å². The molecule has 1 aromatic heterocycles.